The maximum Gasteiger partial charge on any atom is 0.410 e. The summed E-state index contributed by atoms with van der Waals surface area (Å²) in [7, 11) is 1.37. The van der Waals surface area contributed by atoms with Crippen LogP contribution in [-0.4, -0.2) is 36.2 Å². The number of fused-ring (bicyclic) bond motifs is 1. The molecule has 1 amide bonds. The highest BCUT2D eigenvalue weighted by atomic mass is 16.6. The number of benzene rings is 1. The van der Waals surface area contributed by atoms with Crippen molar-refractivity contribution < 1.29 is 19.1 Å². The Kier molecular flexibility index (Phi) is 5.32. The molecule has 1 aromatic carbocycles. The van der Waals surface area contributed by atoms with Crippen LogP contribution in [0.25, 0.3) is 0 Å². The summed E-state index contributed by atoms with van der Waals surface area (Å²) in [5, 5.41) is 0. The molecule has 0 N–H and O–H groups in total. The van der Waals surface area contributed by atoms with Crippen LogP contribution in [-0.2, 0) is 28.9 Å². The van der Waals surface area contributed by atoms with Crippen LogP contribution >= 0.6 is 0 Å². The maximum absolute atomic E-state index is 12.3. The molecule has 0 aromatic heterocycles. The van der Waals surface area contributed by atoms with E-state index in [0.29, 0.717) is 31.5 Å². The van der Waals surface area contributed by atoms with E-state index in [0.717, 1.165) is 16.7 Å². The standard InChI is InChI=1S/C19H25NO4/c1-6-7-13-10-15(17(21)23-5)11-14-8-9-20(12-16(13)14)18(22)24-19(2,3)4/h6,10-11H,1,7-9,12H2,2-5H3. The molecule has 0 aliphatic carbocycles. The van der Waals surface area contributed by atoms with E-state index in [4.69, 9.17) is 9.47 Å². The van der Waals surface area contributed by atoms with Gasteiger partial charge in [0.1, 0.15) is 5.60 Å². The molecule has 130 valence electrons. The summed E-state index contributed by atoms with van der Waals surface area (Å²) in [5.74, 6) is -0.349. The van der Waals surface area contributed by atoms with Crippen LogP contribution in [0.1, 0.15) is 47.8 Å². The lowest BCUT2D eigenvalue weighted by molar-refractivity contribution is 0.0223. The smallest absolute Gasteiger partial charge is 0.410 e. The molecule has 0 bridgehead atoms. The zero-order valence-electron chi connectivity index (χ0n) is 14.8. The first-order valence-corrected chi connectivity index (χ1v) is 8.07. The van der Waals surface area contributed by atoms with Crippen LogP contribution in [0.5, 0.6) is 0 Å². The molecule has 0 atom stereocenters. The average Bonchev–Trinajstić information content (AvgIpc) is 2.52. The number of rotatable bonds is 3. The van der Waals surface area contributed by atoms with Gasteiger partial charge in [0.2, 0.25) is 0 Å². The minimum absolute atomic E-state index is 0.310. The molecule has 0 radical (unpaired) electrons. The SMILES string of the molecule is C=CCc1cc(C(=O)OC)cc2c1CN(C(=O)OC(C)(C)C)CC2. The fourth-order valence-corrected chi connectivity index (χ4v) is 2.80. The lowest BCUT2D eigenvalue weighted by Gasteiger charge is -2.32. The number of methoxy groups -OCH3 is 1. The van der Waals surface area contributed by atoms with Gasteiger partial charge in [-0.05, 0) is 62.4 Å². The Labute approximate surface area is 143 Å². The summed E-state index contributed by atoms with van der Waals surface area (Å²) < 4.78 is 10.3. The first-order valence-electron chi connectivity index (χ1n) is 8.07. The summed E-state index contributed by atoms with van der Waals surface area (Å²) in [4.78, 5) is 25.9. The Balaban J connectivity index is 2.31. The average molecular weight is 331 g/mol. The molecule has 1 aliphatic heterocycles. The van der Waals surface area contributed by atoms with Crippen molar-refractivity contribution in [2.24, 2.45) is 0 Å². The number of carbonyl (C=O) groups excluding carboxylic acids is 2. The molecule has 0 saturated heterocycles. The van der Waals surface area contributed by atoms with Crippen molar-refractivity contribution in [1.29, 1.82) is 0 Å². The molecule has 0 spiro atoms. The molecule has 0 unspecified atom stereocenters. The summed E-state index contributed by atoms with van der Waals surface area (Å²) in [5.41, 5.74) is 3.17. The Hall–Kier alpha value is -2.30. The monoisotopic (exact) mass is 331 g/mol. The molecular weight excluding hydrogens is 306 g/mol. The van der Waals surface area contributed by atoms with Crippen LogP contribution in [0, 0.1) is 0 Å². The summed E-state index contributed by atoms with van der Waals surface area (Å²) in [6, 6.07) is 3.69. The second-order valence-corrected chi connectivity index (χ2v) is 6.91. The van der Waals surface area contributed by atoms with Gasteiger partial charge in [0.15, 0.2) is 0 Å². The second-order valence-electron chi connectivity index (χ2n) is 6.91. The van der Waals surface area contributed by atoms with Crippen molar-refractivity contribution in [2.75, 3.05) is 13.7 Å². The van der Waals surface area contributed by atoms with Gasteiger partial charge in [-0.15, -0.1) is 6.58 Å². The third-order valence-electron chi connectivity index (χ3n) is 3.87. The minimum Gasteiger partial charge on any atom is -0.465 e. The van der Waals surface area contributed by atoms with E-state index >= 15 is 0 Å². The second kappa shape index (κ2) is 7.07. The minimum atomic E-state index is -0.518. The lowest BCUT2D eigenvalue weighted by atomic mass is 9.91. The lowest BCUT2D eigenvalue weighted by Crippen LogP contribution is -2.40. The van der Waals surface area contributed by atoms with E-state index in [-0.39, 0.29) is 12.1 Å². The third-order valence-corrected chi connectivity index (χ3v) is 3.87. The van der Waals surface area contributed by atoms with Gasteiger partial charge < -0.3 is 14.4 Å². The van der Waals surface area contributed by atoms with Gasteiger partial charge in [-0.2, -0.15) is 0 Å². The van der Waals surface area contributed by atoms with Crippen molar-refractivity contribution in [2.45, 2.75) is 45.8 Å². The van der Waals surface area contributed by atoms with Crippen LogP contribution in [0.3, 0.4) is 0 Å². The van der Waals surface area contributed by atoms with Crippen LogP contribution in [0.4, 0.5) is 4.79 Å². The molecule has 2 rings (SSSR count). The first-order chi connectivity index (χ1) is 11.2. The quantitative estimate of drug-likeness (QED) is 0.628. The van der Waals surface area contributed by atoms with Crippen molar-refractivity contribution in [3.63, 3.8) is 0 Å². The summed E-state index contributed by atoms with van der Waals surface area (Å²) in [6.45, 7) is 10.4. The number of hydrogen-bond donors (Lipinski definition) is 0. The van der Waals surface area contributed by atoms with E-state index in [9.17, 15) is 9.59 Å². The number of carbonyl (C=O) groups is 2. The zero-order chi connectivity index (χ0) is 17.9. The molecule has 24 heavy (non-hydrogen) atoms. The molecule has 0 fully saturated rings. The number of nitrogens with zero attached hydrogens (tertiary/aromatic N) is 1. The predicted octanol–water partition coefficient (Wildman–Crippen LogP) is 3.49. The Bertz CT molecular complexity index is 658. The largest absolute Gasteiger partial charge is 0.465 e. The van der Waals surface area contributed by atoms with Gasteiger partial charge in [-0.25, -0.2) is 9.59 Å². The molecule has 1 aromatic rings. The van der Waals surface area contributed by atoms with Crippen molar-refractivity contribution in [1.82, 2.24) is 4.90 Å². The van der Waals surface area contributed by atoms with Crippen LogP contribution in [0.2, 0.25) is 0 Å². The van der Waals surface area contributed by atoms with Gasteiger partial charge >= 0.3 is 12.1 Å². The fraction of sp³-hybridized carbons (Fsp3) is 0.474. The van der Waals surface area contributed by atoms with Crippen LogP contribution in [0.15, 0.2) is 24.8 Å². The van der Waals surface area contributed by atoms with Crippen molar-refractivity contribution in [3.8, 4) is 0 Å². The maximum atomic E-state index is 12.3. The van der Waals surface area contributed by atoms with Gasteiger partial charge in [0, 0.05) is 13.1 Å². The van der Waals surface area contributed by atoms with Crippen molar-refractivity contribution in [3.05, 3.63) is 47.0 Å². The number of hydrogen-bond acceptors (Lipinski definition) is 4. The summed E-state index contributed by atoms with van der Waals surface area (Å²) in [6.07, 6.45) is 2.80. The summed E-state index contributed by atoms with van der Waals surface area (Å²) >= 11 is 0. The molecule has 5 heteroatoms. The number of amides is 1. The normalized spacial score (nSPS) is 13.9. The van der Waals surface area contributed by atoms with Gasteiger partial charge in [0.05, 0.1) is 12.7 Å². The Morgan fingerprint density at radius 1 is 1.33 bits per heavy atom. The van der Waals surface area contributed by atoms with E-state index < -0.39 is 5.60 Å². The zero-order valence-corrected chi connectivity index (χ0v) is 14.8. The number of ether oxygens (including phenoxy) is 2. The van der Waals surface area contributed by atoms with E-state index in [2.05, 4.69) is 6.58 Å². The molecule has 1 aliphatic rings. The van der Waals surface area contributed by atoms with Gasteiger partial charge in [-0.1, -0.05) is 6.08 Å². The van der Waals surface area contributed by atoms with Gasteiger partial charge in [0.25, 0.3) is 0 Å². The highest BCUT2D eigenvalue weighted by Crippen LogP contribution is 2.27. The predicted molar refractivity (Wildman–Crippen MR) is 92.0 cm³/mol. The Morgan fingerprint density at radius 2 is 2.04 bits per heavy atom. The molecule has 0 saturated carbocycles. The molecular formula is C19H25NO4. The van der Waals surface area contributed by atoms with E-state index in [1.807, 2.05) is 32.9 Å². The highest BCUT2D eigenvalue weighted by molar-refractivity contribution is 5.90. The van der Waals surface area contributed by atoms with Crippen molar-refractivity contribution >= 4 is 12.1 Å². The molecule has 5 nitrogen and oxygen atoms in total. The van der Waals surface area contributed by atoms with E-state index in [1.54, 1.807) is 11.0 Å². The Morgan fingerprint density at radius 3 is 2.62 bits per heavy atom. The number of allylic oxidation sites excluding steroid dienone is 1. The molecule has 1 heterocycles. The number of esters is 1. The topological polar surface area (TPSA) is 55.8 Å². The third kappa shape index (κ3) is 4.16. The van der Waals surface area contributed by atoms with Crippen LogP contribution < -0.4 is 0 Å². The first kappa shape index (κ1) is 18.0. The van der Waals surface area contributed by atoms with Gasteiger partial charge in [-0.3, -0.25) is 0 Å². The highest BCUT2D eigenvalue weighted by Gasteiger charge is 2.27. The van der Waals surface area contributed by atoms with E-state index in [1.165, 1.54) is 7.11 Å². The fourth-order valence-electron chi connectivity index (χ4n) is 2.80.